The molecule has 0 saturated carbocycles. The van der Waals surface area contributed by atoms with Gasteiger partial charge in [0.05, 0.1) is 39.1 Å². The molecule has 0 aliphatic carbocycles. The van der Waals surface area contributed by atoms with Crippen LogP contribution in [0.5, 0.6) is 0 Å². The first kappa shape index (κ1) is 30.7. The van der Waals surface area contributed by atoms with Gasteiger partial charge in [0.2, 0.25) is 0 Å². The monoisotopic (exact) mass is 675 g/mol. The third-order valence-corrected chi connectivity index (χ3v) is 10.9. The summed E-state index contributed by atoms with van der Waals surface area (Å²) in [4.78, 5) is 0. The van der Waals surface area contributed by atoms with Crippen molar-refractivity contribution in [3.05, 3.63) is 228 Å². The molecule has 0 saturated heterocycles. The summed E-state index contributed by atoms with van der Waals surface area (Å²) >= 11 is 0. The van der Waals surface area contributed by atoms with E-state index in [0.717, 1.165) is 44.7 Å². The molecule has 0 atom stereocenters. The molecule has 0 aliphatic heterocycles. The van der Waals surface area contributed by atoms with Gasteiger partial charge in [-0.05, 0) is 82.9 Å². The number of para-hydroxylation sites is 3. The van der Waals surface area contributed by atoms with Gasteiger partial charge >= 0.3 is 0 Å². The van der Waals surface area contributed by atoms with Crippen molar-refractivity contribution in [2.45, 2.75) is 5.41 Å². The van der Waals surface area contributed by atoms with E-state index in [-0.39, 0.29) is 0 Å². The van der Waals surface area contributed by atoms with E-state index in [9.17, 15) is 5.26 Å². The van der Waals surface area contributed by atoms with Gasteiger partial charge in [-0.2, -0.15) is 5.26 Å². The lowest BCUT2D eigenvalue weighted by Gasteiger charge is -2.37. The van der Waals surface area contributed by atoms with E-state index >= 15 is 0 Å². The van der Waals surface area contributed by atoms with Crippen LogP contribution >= 0.6 is 0 Å². The maximum Gasteiger partial charge on any atom is 0.0991 e. The Balaban J connectivity index is 1.24. The van der Waals surface area contributed by atoms with Crippen LogP contribution in [0.4, 0.5) is 0 Å². The van der Waals surface area contributed by atoms with Crippen LogP contribution in [0.3, 0.4) is 0 Å². The summed E-state index contributed by atoms with van der Waals surface area (Å²) in [7, 11) is 0. The molecule has 0 N–H and O–H groups in total. The standard InChI is InChI=1S/C50H33N3/c51-34-35-15-13-20-38(31-35)50(36-16-3-1-4-17-36,37-18-5-2-6-19-37)39-21-14-22-40(32-39)52-48-28-12-9-25-44(48)45-33-41(29-30-49(45)52)53-46-26-10-7-23-42(46)43-24-8-11-27-47(43)53/h1-33H. The fourth-order valence-corrected chi connectivity index (χ4v) is 8.66. The van der Waals surface area contributed by atoms with E-state index in [1.54, 1.807) is 0 Å². The zero-order valence-corrected chi connectivity index (χ0v) is 28.9. The highest BCUT2D eigenvalue weighted by Crippen LogP contribution is 2.46. The van der Waals surface area contributed by atoms with Gasteiger partial charge in [-0.25, -0.2) is 0 Å². The molecule has 53 heavy (non-hydrogen) atoms. The second-order valence-corrected chi connectivity index (χ2v) is 13.6. The lowest BCUT2D eigenvalue weighted by atomic mass is 9.65. The van der Waals surface area contributed by atoms with E-state index < -0.39 is 5.41 Å². The molecular formula is C50H33N3. The van der Waals surface area contributed by atoms with Gasteiger partial charge in [0.1, 0.15) is 0 Å². The number of hydrogen-bond donors (Lipinski definition) is 0. The van der Waals surface area contributed by atoms with Crippen LogP contribution < -0.4 is 0 Å². The molecule has 0 unspecified atom stereocenters. The smallest absolute Gasteiger partial charge is 0.0991 e. The molecule has 0 fully saturated rings. The minimum atomic E-state index is -0.687. The Morgan fingerprint density at radius 2 is 0.774 bits per heavy atom. The van der Waals surface area contributed by atoms with Crippen LogP contribution in [-0.2, 0) is 5.41 Å². The predicted molar refractivity (Wildman–Crippen MR) is 218 cm³/mol. The molecule has 3 heteroatoms. The fourth-order valence-electron chi connectivity index (χ4n) is 8.66. The maximum atomic E-state index is 10.0. The molecule has 10 rings (SSSR count). The normalized spacial score (nSPS) is 11.8. The Kier molecular flexibility index (Phi) is 7.09. The minimum absolute atomic E-state index is 0.636. The summed E-state index contributed by atoms with van der Waals surface area (Å²) in [5.74, 6) is 0. The van der Waals surface area contributed by atoms with Crippen LogP contribution in [0, 0.1) is 11.3 Å². The Bertz CT molecular complexity index is 2920. The third-order valence-electron chi connectivity index (χ3n) is 10.9. The fraction of sp³-hybridized carbons (Fsp3) is 0.0200. The van der Waals surface area contributed by atoms with E-state index in [4.69, 9.17) is 0 Å². The van der Waals surface area contributed by atoms with Crippen molar-refractivity contribution in [1.29, 1.82) is 5.26 Å². The van der Waals surface area contributed by atoms with Crippen molar-refractivity contribution in [2.24, 2.45) is 0 Å². The highest BCUT2D eigenvalue weighted by Gasteiger charge is 2.38. The maximum absolute atomic E-state index is 10.0. The molecule has 0 aliphatic rings. The predicted octanol–water partition coefficient (Wildman–Crippen LogP) is 12.1. The molecule has 8 aromatic carbocycles. The summed E-state index contributed by atoms with van der Waals surface area (Å²) in [5.41, 5.74) is 11.3. The summed E-state index contributed by atoms with van der Waals surface area (Å²) in [6.45, 7) is 0. The van der Waals surface area contributed by atoms with Gasteiger partial charge in [-0.15, -0.1) is 0 Å². The Morgan fingerprint density at radius 3 is 1.34 bits per heavy atom. The molecule has 2 aromatic heterocycles. The second kappa shape index (κ2) is 12.3. The summed E-state index contributed by atoms with van der Waals surface area (Å²) in [5, 5.41) is 14.9. The zero-order valence-electron chi connectivity index (χ0n) is 28.9. The largest absolute Gasteiger partial charge is 0.309 e. The van der Waals surface area contributed by atoms with Crippen LogP contribution in [0.2, 0.25) is 0 Å². The molecule has 2 heterocycles. The molecule has 0 amide bonds. The third kappa shape index (κ3) is 4.67. The molecule has 3 nitrogen and oxygen atoms in total. The average Bonchev–Trinajstić information content (AvgIpc) is 3.75. The number of aromatic nitrogens is 2. The van der Waals surface area contributed by atoms with Crippen molar-refractivity contribution in [3.63, 3.8) is 0 Å². The van der Waals surface area contributed by atoms with E-state index in [1.807, 2.05) is 18.2 Å². The van der Waals surface area contributed by atoms with Gasteiger partial charge in [0.25, 0.3) is 0 Å². The first-order chi connectivity index (χ1) is 26.3. The zero-order chi connectivity index (χ0) is 35.4. The van der Waals surface area contributed by atoms with Crippen LogP contribution in [0.1, 0.15) is 27.8 Å². The lowest BCUT2D eigenvalue weighted by molar-refractivity contribution is 0.744. The number of fused-ring (bicyclic) bond motifs is 6. The number of rotatable bonds is 6. The Hall–Kier alpha value is -7.15. The average molecular weight is 676 g/mol. The van der Waals surface area contributed by atoms with Gasteiger partial charge < -0.3 is 9.13 Å². The highest BCUT2D eigenvalue weighted by atomic mass is 15.0. The quantitative estimate of drug-likeness (QED) is 0.162. The summed E-state index contributed by atoms with van der Waals surface area (Å²) in [6, 6.07) is 73.7. The van der Waals surface area contributed by atoms with Crippen molar-refractivity contribution in [1.82, 2.24) is 9.13 Å². The van der Waals surface area contributed by atoms with Gasteiger partial charge in [0, 0.05) is 32.9 Å². The van der Waals surface area contributed by atoms with Crippen molar-refractivity contribution < 1.29 is 0 Å². The molecule has 0 radical (unpaired) electrons. The van der Waals surface area contributed by atoms with Crippen LogP contribution in [-0.4, -0.2) is 9.13 Å². The van der Waals surface area contributed by atoms with Crippen molar-refractivity contribution >= 4 is 43.6 Å². The van der Waals surface area contributed by atoms with Crippen molar-refractivity contribution in [2.75, 3.05) is 0 Å². The first-order valence-corrected chi connectivity index (χ1v) is 18.0. The molecule has 248 valence electrons. The second-order valence-electron chi connectivity index (χ2n) is 13.6. The first-order valence-electron chi connectivity index (χ1n) is 18.0. The van der Waals surface area contributed by atoms with Crippen LogP contribution in [0.15, 0.2) is 200 Å². The van der Waals surface area contributed by atoms with Crippen LogP contribution in [0.25, 0.3) is 55.0 Å². The van der Waals surface area contributed by atoms with Gasteiger partial charge in [-0.3, -0.25) is 0 Å². The van der Waals surface area contributed by atoms with Gasteiger partial charge in [0.15, 0.2) is 0 Å². The number of nitrogens with zero attached hydrogens (tertiary/aromatic N) is 3. The SMILES string of the molecule is N#Cc1cccc(C(c2ccccc2)(c2ccccc2)c2cccc(-n3c4ccccc4c4cc(-n5c6ccccc6c6ccccc65)ccc43)c2)c1. The summed E-state index contributed by atoms with van der Waals surface area (Å²) < 4.78 is 4.79. The Morgan fingerprint density at radius 1 is 0.340 bits per heavy atom. The number of benzene rings is 8. The highest BCUT2D eigenvalue weighted by molar-refractivity contribution is 6.12. The molecule has 0 bridgehead atoms. The molecular weight excluding hydrogens is 643 g/mol. The van der Waals surface area contributed by atoms with E-state index in [2.05, 4.69) is 197 Å². The van der Waals surface area contributed by atoms with E-state index in [1.165, 1.54) is 32.6 Å². The summed E-state index contributed by atoms with van der Waals surface area (Å²) in [6.07, 6.45) is 0. The van der Waals surface area contributed by atoms with Crippen molar-refractivity contribution in [3.8, 4) is 17.4 Å². The number of nitriles is 1. The van der Waals surface area contributed by atoms with E-state index in [0.29, 0.717) is 5.56 Å². The minimum Gasteiger partial charge on any atom is -0.309 e. The molecule has 10 aromatic rings. The lowest BCUT2D eigenvalue weighted by Crippen LogP contribution is -2.31. The topological polar surface area (TPSA) is 33.6 Å². The van der Waals surface area contributed by atoms with Gasteiger partial charge in [-0.1, -0.05) is 140 Å². The Labute approximate surface area is 307 Å². The number of hydrogen-bond acceptors (Lipinski definition) is 1. The molecule has 0 spiro atoms.